The molecule has 2 atom stereocenters. The molecule has 1 amide bonds. The summed E-state index contributed by atoms with van der Waals surface area (Å²) >= 11 is 0. The maximum Gasteiger partial charge on any atom is 0.407 e. The van der Waals surface area contributed by atoms with Crippen molar-refractivity contribution in [3.63, 3.8) is 0 Å². The quantitative estimate of drug-likeness (QED) is 0.394. The number of nitrogens with one attached hydrogen (secondary N) is 1. The molecule has 3 rings (SSSR count). The van der Waals surface area contributed by atoms with Gasteiger partial charge in [-0.25, -0.2) is 13.2 Å². The number of esters is 1. The van der Waals surface area contributed by atoms with Crippen molar-refractivity contribution in [3.8, 4) is 11.5 Å². The standard InChI is InChI=1S/C27H34N2O8S/c1-27(2,3)37-25(30)24-23(28-26(31)36-18-19-9-11-20(34-4)12-10-19)8-6-7-17-29(24)38(32,33)22-15-13-21(35-5)14-16-22/h6-7,9-16,23-24H,8,17-18H2,1-5H3,(H,28,31). The second-order valence-corrected chi connectivity index (χ2v) is 11.5. The van der Waals surface area contributed by atoms with Crippen molar-refractivity contribution < 1.29 is 37.0 Å². The smallest absolute Gasteiger partial charge is 0.407 e. The number of methoxy groups -OCH3 is 2. The molecule has 0 bridgehead atoms. The van der Waals surface area contributed by atoms with Crippen LogP contribution in [0, 0.1) is 0 Å². The summed E-state index contributed by atoms with van der Waals surface area (Å²) in [5.41, 5.74) is -0.152. The topological polar surface area (TPSA) is 120 Å². The molecule has 0 radical (unpaired) electrons. The van der Waals surface area contributed by atoms with E-state index in [-0.39, 0.29) is 24.5 Å². The molecule has 0 aromatic heterocycles. The van der Waals surface area contributed by atoms with Crippen LogP contribution in [-0.2, 0) is 30.9 Å². The molecule has 1 aliphatic heterocycles. The van der Waals surface area contributed by atoms with Crippen LogP contribution in [0.25, 0.3) is 0 Å². The van der Waals surface area contributed by atoms with E-state index < -0.39 is 39.8 Å². The van der Waals surface area contributed by atoms with Crippen LogP contribution >= 0.6 is 0 Å². The van der Waals surface area contributed by atoms with E-state index in [0.717, 1.165) is 9.87 Å². The second-order valence-electron chi connectivity index (χ2n) is 9.61. The Morgan fingerprint density at radius 3 is 2.08 bits per heavy atom. The van der Waals surface area contributed by atoms with E-state index >= 15 is 0 Å². The van der Waals surface area contributed by atoms with Gasteiger partial charge in [-0.15, -0.1) is 0 Å². The third-order valence-electron chi connectivity index (χ3n) is 5.68. The summed E-state index contributed by atoms with van der Waals surface area (Å²) in [5, 5.41) is 2.68. The lowest BCUT2D eigenvalue weighted by molar-refractivity contribution is -0.160. The number of rotatable bonds is 8. The molecule has 1 N–H and O–H groups in total. The van der Waals surface area contributed by atoms with Gasteiger partial charge >= 0.3 is 12.1 Å². The van der Waals surface area contributed by atoms with E-state index in [1.54, 1.807) is 64.3 Å². The molecule has 0 fully saturated rings. The summed E-state index contributed by atoms with van der Waals surface area (Å²) in [6.07, 6.45) is 2.75. The molecular formula is C27H34N2O8S. The first-order valence-corrected chi connectivity index (χ1v) is 13.5. The Morgan fingerprint density at radius 1 is 0.947 bits per heavy atom. The summed E-state index contributed by atoms with van der Waals surface area (Å²) in [4.78, 5) is 26.1. The Morgan fingerprint density at radius 2 is 1.53 bits per heavy atom. The van der Waals surface area contributed by atoms with Crippen LogP contribution in [-0.4, -0.2) is 63.2 Å². The number of hydrogen-bond acceptors (Lipinski definition) is 8. The van der Waals surface area contributed by atoms with E-state index in [0.29, 0.717) is 11.5 Å². The van der Waals surface area contributed by atoms with Crippen LogP contribution in [0.3, 0.4) is 0 Å². The van der Waals surface area contributed by atoms with Crippen molar-refractivity contribution in [3.05, 3.63) is 66.2 Å². The van der Waals surface area contributed by atoms with E-state index in [1.807, 2.05) is 0 Å². The minimum Gasteiger partial charge on any atom is -0.497 e. The molecule has 38 heavy (non-hydrogen) atoms. The number of nitrogens with zero attached hydrogens (tertiary/aromatic N) is 1. The lowest BCUT2D eigenvalue weighted by Crippen LogP contribution is -2.57. The van der Waals surface area contributed by atoms with Gasteiger partial charge < -0.3 is 24.3 Å². The first-order chi connectivity index (χ1) is 17.9. The highest BCUT2D eigenvalue weighted by Gasteiger charge is 2.44. The van der Waals surface area contributed by atoms with Gasteiger partial charge in [0.2, 0.25) is 10.0 Å². The van der Waals surface area contributed by atoms with Crippen molar-refractivity contribution in [2.45, 2.75) is 56.4 Å². The molecule has 0 spiro atoms. The van der Waals surface area contributed by atoms with Crippen LogP contribution < -0.4 is 14.8 Å². The lowest BCUT2D eigenvalue weighted by atomic mass is 10.1. The molecule has 0 aliphatic carbocycles. The Balaban J connectivity index is 1.87. The summed E-state index contributed by atoms with van der Waals surface area (Å²) in [6, 6.07) is 10.6. The van der Waals surface area contributed by atoms with Crippen molar-refractivity contribution in [2.75, 3.05) is 20.8 Å². The van der Waals surface area contributed by atoms with Gasteiger partial charge in [-0.2, -0.15) is 4.31 Å². The zero-order valence-electron chi connectivity index (χ0n) is 22.2. The molecule has 2 aromatic carbocycles. The molecule has 1 heterocycles. The number of amides is 1. The Hall–Kier alpha value is -3.57. The number of carbonyl (C=O) groups excluding carboxylic acids is 2. The molecule has 1 aliphatic rings. The highest BCUT2D eigenvalue weighted by Crippen LogP contribution is 2.27. The SMILES string of the molecule is COc1ccc(COC(=O)NC2CC=CCN(S(=O)(=O)c3ccc(OC)cc3)C2C(=O)OC(C)(C)C)cc1. The zero-order chi connectivity index (χ0) is 27.9. The van der Waals surface area contributed by atoms with Crippen molar-refractivity contribution in [1.29, 1.82) is 0 Å². The fraction of sp³-hybridized carbons (Fsp3) is 0.407. The Bertz CT molecular complexity index is 1240. The number of benzene rings is 2. The fourth-order valence-electron chi connectivity index (χ4n) is 3.84. The molecule has 206 valence electrons. The minimum absolute atomic E-state index is 0.0245. The Labute approximate surface area is 223 Å². The average molecular weight is 547 g/mol. The molecule has 11 heteroatoms. The number of alkyl carbamates (subject to hydrolysis) is 1. The van der Waals surface area contributed by atoms with Crippen LogP contribution in [0.2, 0.25) is 0 Å². The average Bonchev–Trinajstić information content (AvgIpc) is 3.09. The molecule has 0 saturated carbocycles. The maximum atomic E-state index is 13.7. The van der Waals surface area contributed by atoms with Crippen molar-refractivity contribution in [1.82, 2.24) is 9.62 Å². The second kappa shape index (κ2) is 12.3. The van der Waals surface area contributed by atoms with Crippen LogP contribution in [0.4, 0.5) is 4.79 Å². The van der Waals surface area contributed by atoms with Gasteiger partial charge in [0.25, 0.3) is 0 Å². The molecular weight excluding hydrogens is 512 g/mol. The van der Waals surface area contributed by atoms with E-state index in [1.165, 1.54) is 31.4 Å². The first kappa shape index (κ1) is 29.0. The third kappa shape index (κ3) is 7.48. The number of hydrogen-bond donors (Lipinski definition) is 1. The lowest BCUT2D eigenvalue weighted by Gasteiger charge is -2.34. The zero-order valence-corrected chi connectivity index (χ0v) is 23.0. The van der Waals surface area contributed by atoms with Crippen LogP contribution in [0.15, 0.2) is 65.6 Å². The summed E-state index contributed by atoms with van der Waals surface area (Å²) < 4.78 is 49.7. The fourth-order valence-corrected chi connectivity index (χ4v) is 5.41. The third-order valence-corrected chi connectivity index (χ3v) is 7.54. The van der Waals surface area contributed by atoms with Gasteiger partial charge in [0.15, 0.2) is 0 Å². The molecule has 2 aromatic rings. The Kier molecular flexibility index (Phi) is 9.40. The molecule has 10 nitrogen and oxygen atoms in total. The van der Waals surface area contributed by atoms with Crippen LogP contribution in [0.5, 0.6) is 11.5 Å². The minimum atomic E-state index is -4.17. The van der Waals surface area contributed by atoms with Crippen molar-refractivity contribution >= 4 is 22.1 Å². The number of carbonyl (C=O) groups is 2. The van der Waals surface area contributed by atoms with Gasteiger partial charge in [0.05, 0.1) is 25.2 Å². The monoisotopic (exact) mass is 546 g/mol. The number of ether oxygens (including phenoxy) is 4. The summed E-state index contributed by atoms with van der Waals surface area (Å²) in [7, 11) is -1.14. The van der Waals surface area contributed by atoms with Gasteiger partial charge in [-0.3, -0.25) is 4.79 Å². The van der Waals surface area contributed by atoms with Gasteiger partial charge in [0.1, 0.15) is 29.7 Å². The first-order valence-electron chi connectivity index (χ1n) is 12.0. The van der Waals surface area contributed by atoms with Gasteiger partial charge in [0, 0.05) is 6.54 Å². The number of sulfonamides is 1. The maximum absolute atomic E-state index is 13.7. The summed E-state index contributed by atoms with van der Waals surface area (Å²) in [6.45, 7) is 4.95. The van der Waals surface area contributed by atoms with Crippen molar-refractivity contribution in [2.24, 2.45) is 0 Å². The van der Waals surface area contributed by atoms with Crippen LogP contribution in [0.1, 0.15) is 32.8 Å². The predicted octanol–water partition coefficient (Wildman–Crippen LogP) is 3.66. The normalized spacial score (nSPS) is 18.2. The van der Waals surface area contributed by atoms with Gasteiger partial charge in [-0.05, 0) is 69.2 Å². The molecule has 0 saturated heterocycles. The molecule has 2 unspecified atom stereocenters. The van der Waals surface area contributed by atoms with E-state index in [2.05, 4.69) is 5.32 Å². The predicted molar refractivity (Wildman–Crippen MR) is 140 cm³/mol. The van der Waals surface area contributed by atoms with E-state index in [9.17, 15) is 18.0 Å². The summed E-state index contributed by atoms with van der Waals surface area (Å²) in [5.74, 6) is 0.378. The van der Waals surface area contributed by atoms with E-state index in [4.69, 9.17) is 18.9 Å². The highest BCUT2D eigenvalue weighted by molar-refractivity contribution is 7.89. The van der Waals surface area contributed by atoms with Gasteiger partial charge in [-0.1, -0.05) is 24.3 Å². The largest absolute Gasteiger partial charge is 0.497 e. The highest BCUT2D eigenvalue weighted by atomic mass is 32.2.